The molecule has 0 aliphatic carbocycles. The van der Waals surface area contributed by atoms with Crippen LogP contribution in [0.15, 0.2) is 41.7 Å². The summed E-state index contributed by atoms with van der Waals surface area (Å²) in [7, 11) is 0. The first-order valence-electron chi connectivity index (χ1n) is 4.94. The van der Waals surface area contributed by atoms with Crippen molar-refractivity contribution in [3.8, 4) is 0 Å². The first-order valence-corrected chi connectivity index (χ1v) is 6.31. The first kappa shape index (κ1) is 12.2. The summed E-state index contributed by atoms with van der Waals surface area (Å²) in [5, 5.41) is 1.56. The Morgan fingerprint density at radius 2 is 2.18 bits per heavy atom. The van der Waals surface area contributed by atoms with Crippen LogP contribution in [-0.4, -0.2) is 9.97 Å². The number of hydrazine groups is 1. The van der Waals surface area contributed by atoms with E-state index in [0.717, 1.165) is 16.3 Å². The van der Waals surface area contributed by atoms with E-state index in [4.69, 9.17) is 17.4 Å². The second-order valence-electron chi connectivity index (χ2n) is 3.26. The molecule has 0 radical (unpaired) electrons. The normalized spacial score (nSPS) is 10.2. The molecule has 0 atom stereocenters. The number of thioether (sulfide) groups is 1. The van der Waals surface area contributed by atoms with Gasteiger partial charge in [0.2, 0.25) is 0 Å². The second-order valence-corrected chi connectivity index (χ2v) is 4.69. The second kappa shape index (κ2) is 5.86. The molecule has 0 fully saturated rings. The summed E-state index contributed by atoms with van der Waals surface area (Å²) in [5.41, 5.74) is 3.61. The zero-order valence-corrected chi connectivity index (χ0v) is 10.5. The van der Waals surface area contributed by atoms with E-state index in [1.165, 1.54) is 0 Å². The van der Waals surface area contributed by atoms with Gasteiger partial charge in [-0.05, 0) is 18.2 Å². The summed E-state index contributed by atoms with van der Waals surface area (Å²) in [4.78, 5) is 8.34. The van der Waals surface area contributed by atoms with Crippen LogP contribution in [0.3, 0.4) is 0 Å². The summed E-state index contributed by atoms with van der Waals surface area (Å²) in [6, 6.07) is 7.57. The van der Waals surface area contributed by atoms with Gasteiger partial charge in [-0.3, -0.25) is 0 Å². The van der Waals surface area contributed by atoms with E-state index in [1.54, 1.807) is 24.2 Å². The molecule has 0 aliphatic heterocycles. The Morgan fingerprint density at radius 3 is 2.88 bits per heavy atom. The minimum Gasteiger partial charge on any atom is -0.308 e. The topological polar surface area (TPSA) is 63.8 Å². The Bertz CT molecular complexity index is 489. The maximum Gasteiger partial charge on any atom is 0.143 e. The number of nitrogens with zero attached hydrogens (tertiary/aromatic N) is 2. The van der Waals surface area contributed by atoms with Gasteiger partial charge in [-0.25, -0.2) is 15.8 Å². The highest BCUT2D eigenvalue weighted by atomic mass is 35.5. The highest BCUT2D eigenvalue weighted by Gasteiger charge is 2.03. The number of nitrogens with two attached hydrogens (primary N) is 1. The van der Waals surface area contributed by atoms with E-state index in [0.29, 0.717) is 10.8 Å². The monoisotopic (exact) mass is 266 g/mol. The number of hydrogen-bond donors (Lipinski definition) is 2. The van der Waals surface area contributed by atoms with Crippen LogP contribution in [0.1, 0.15) is 5.56 Å². The summed E-state index contributed by atoms with van der Waals surface area (Å²) < 4.78 is 0. The van der Waals surface area contributed by atoms with Gasteiger partial charge in [0.15, 0.2) is 0 Å². The SMILES string of the molecule is NNc1ncccc1CSc1ccc(Cl)cn1. The Labute approximate surface area is 109 Å². The molecule has 0 amide bonds. The summed E-state index contributed by atoms with van der Waals surface area (Å²) in [6.07, 6.45) is 3.33. The molecule has 2 aromatic heterocycles. The molecule has 17 heavy (non-hydrogen) atoms. The predicted molar refractivity (Wildman–Crippen MR) is 70.9 cm³/mol. The highest BCUT2D eigenvalue weighted by molar-refractivity contribution is 7.98. The number of pyridine rings is 2. The van der Waals surface area contributed by atoms with Gasteiger partial charge in [-0.15, -0.1) is 11.8 Å². The Hall–Kier alpha value is -1.30. The molecule has 3 N–H and O–H groups in total. The third-order valence-corrected chi connectivity index (χ3v) is 3.32. The molecule has 2 rings (SSSR count). The van der Waals surface area contributed by atoms with Crippen LogP contribution >= 0.6 is 23.4 Å². The van der Waals surface area contributed by atoms with Gasteiger partial charge in [-0.2, -0.15) is 0 Å². The number of nitrogen functional groups attached to an aromatic ring is 1. The Morgan fingerprint density at radius 1 is 1.29 bits per heavy atom. The van der Waals surface area contributed by atoms with E-state index in [1.807, 2.05) is 24.3 Å². The molecular weight excluding hydrogens is 256 g/mol. The number of anilines is 1. The third-order valence-electron chi connectivity index (χ3n) is 2.10. The number of nitrogens with one attached hydrogen (secondary N) is 1. The van der Waals surface area contributed by atoms with Crippen molar-refractivity contribution in [2.45, 2.75) is 10.8 Å². The van der Waals surface area contributed by atoms with Gasteiger partial charge in [0.25, 0.3) is 0 Å². The lowest BCUT2D eigenvalue weighted by Gasteiger charge is -2.06. The largest absolute Gasteiger partial charge is 0.308 e. The quantitative estimate of drug-likeness (QED) is 0.506. The average Bonchev–Trinajstić information content (AvgIpc) is 2.38. The van der Waals surface area contributed by atoms with Gasteiger partial charge < -0.3 is 5.43 Å². The predicted octanol–water partition coefficient (Wildman–Crippen LogP) is 2.71. The van der Waals surface area contributed by atoms with Gasteiger partial charge in [0.05, 0.1) is 10.0 Å². The van der Waals surface area contributed by atoms with Gasteiger partial charge in [0, 0.05) is 23.7 Å². The molecule has 0 bridgehead atoms. The number of rotatable bonds is 4. The molecule has 4 nitrogen and oxygen atoms in total. The third kappa shape index (κ3) is 3.33. The molecule has 0 aliphatic rings. The fourth-order valence-electron chi connectivity index (χ4n) is 1.28. The van der Waals surface area contributed by atoms with Crippen molar-refractivity contribution in [1.82, 2.24) is 9.97 Å². The van der Waals surface area contributed by atoms with Gasteiger partial charge in [0.1, 0.15) is 5.82 Å². The highest BCUT2D eigenvalue weighted by Crippen LogP contribution is 2.24. The van der Waals surface area contributed by atoms with Crippen LogP contribution in [0, 0.1) is 0 Å². The van der Waals surface area contributed by atoms with Crippen molar-refractivity contribution in [1.29, 1.82) is 0 Å². The van der Waals surface area contributed by atoms with Gasteiger partial charge in [-0.1, -0.05) is 17.7 Å². The molecule has 2 heterocycles. The molecule has 6 heteroatoms. The van der Waals surface area contributed by atoms with E-state index in [2.05, 4.69) is 15.4 Å². The van der Waals surface area contributed by atoms with Crippen LogP contribution in [0.2, 0.25) is 5.02 Å². The zero-order chi connectivity index (χ0) is 12.1. The number of halogens is 1. The fourth-order valence-corrected chi connectivity index (χ4v) is 2.22. The molecular formula is C11H11ClN4S. The maximum atomic E-state index is 5.77. The van der Waals surface area contributed by atoms with E-state index >= 15 is 0 Å². The fraction of sp³-hybridized carbons (Fsp3) is 0.0909. The number of hydrogen-bond acceptors (Lipinski definition) is 5. The molecule has 2 aromatic rings. The van der Waals surface area contributed by atoms with Gasteiger partial charge >= 0.3 is 0 Å². The van der Waals surface area contributed by atoms with Crippen molar-refractivity contribution >= 4 is 29.2 Å². The molecule has 88 valence electrons. The standard InChI is InChI=1S/C11H11ClN4S/c12-9-3-4-10(15-6-9)17-7-8-2-1-5-14-11(8)16-13/h1-6H,7,13H2,(H,14,16). The Kier molecular flexibility index (Phi) is 4.19. The molecule has 0 saturated heterocycles. The van der Waals surface area contributed by atoms with Crippen molar-refractivity contribution in [2.24, 2.45) is 5.84 Å². The molecule has 0 saturated carbocycles. The van der Waals surface area contributed by atoms with Crippen molar-refractivity contribution in [2.75, 3.05) is 5.43 Å². The van der Waals surface area contributed by atoms with Crippen LogP contribution in [0.4, 0.5) is 5.82 Å². The minimum absolute atomic E-state index is 0.639. The van der Waals surface area contributed by atoms with E-state index in [9.17, 15) is 0 Å². The summed E-state index contributed by atoms with van der Waals surface area (Å²) in [6.45, 7) is 0. The number of aromatic nitrogens is 2. The lowest BCUT2D eigenvalue weighted by Crippen LogP contribution is -2.10. The minimum atomic E-state index is 0.639. The van der Waals surface area contributed by atoms with Crippen LogP contribution < -0.4 is 11.3 Å². The van der Waals surface area contributed by atoms with Crippen LogP contribution in [-0.2, 0) is 5.75 Å². The smallest absolute Gasteiger partial charge is 0.143 e. The van der Waals surface area contributed by atoms with Crippen LogP contribution in [0.5, 0.6) is 0 Å². The lowest BCUT2D eigenvalue weighted by atomic mass is 10.3. The van der Waals surface area contributed by atoms with Crippen molar-refractivity contribution < 1.29 is 0 Å². The van der Waals surface area contributed by atoms with Crippen molar-refractivity contribution in [3.63, 3.8) is 0 Å². The van der Waals surface area contributed by atoms with Crippen LogP contribution in [0.25, 0.3) is 0 Å². The average molecular weight is 267 g/mol. The first-order chi connectivity index (χ1) is 8.29. The maximum absolute atomic E-state index is 5.77. The molecule has 0 unspecified atom stereocenters. The van der Waals surface area contributed by atoms with E-state index in [-0.39, 0.29) is 0 Å². The summed E-state index contributed by atoms with van der Waals surface area (Å²) in [5.74, 6) is 6.83. The Balaban J connectivity index is 2.04. The van der Waals surface area contributed by atoms with E-state index < -0.39 is 0 Å². The van der Waals surface area contributed by atoms with Crippen molar-refractivity contribution in [3.05, 3.63) is 47.2 Å². The summed E-state index contributed by atoms with van der Waals surface area (Å²) >= 11 is 7.37. The zero-order valence-electron chi connectivity index (χ0n) is 8.93. The lowest BCUT2D eigenvalue weighted by molar-refractivity contribution is 1.13. The molecule has 0 aromatic carbocycles. The molecule has 0 spiro atoms.